The Kier molecular flexibility index (Phi) is 3.84. The summed E-state index contributed by atoms with van der Waals surface area (Å²) < 4.78 is 0. The van der Waals surface area contributed by atoms with Crippen LogP contribution in [0.5, 0.6) is 11.5 Å². The lowest BCUT2D eigenvalue weighted by atomic mass is 10.2. The van der Waals surface area contributed by atoms with Crippen LogP contribution in [0.2, 0.25) is 0 Å². The molecule has 0 aliphatic carbocycles. The summed E-state index contributed by atoms with van der Waals surface area (Å²) in [4.78, 5) is 4.30. The molecule has 0 aliphatic heterocycles. The second-order valence-electron chi connectivity index (χ2n) is 4.76. The molecule has 6 heteroatoms. The quantitative estimate of drug-likeness (QED) is 0.571. The van der Waals surface area contributed by atoms with Gasteiger partial charge in [-0.3, -0.25) is 0 Å². The maximum atomic E-state index is 9.52. The van der Waals surface area contributed by atoms with Gasteiger partial charge in [-0.25, -0.2) is 4.99 Å². The molecule has 0 bridgehead atoms. The van der Waals surface area contributed by atoms with E-state index in [4.69, 9.17) is 0 Å². The summed E-state index contributed by atoms with van der Waals surface area (Å²) >= 11 is 1.31. The van der Waals surface area contributed by atoms with Crippen molar-refractivity contribution < 1.29 is 10.2 Å². The van der Waals surface area contributed by atoms with Crippen molar-refractivity contribution >= 4 is 22.7 Å². The van der Waals surface area contributed by atoms with E-state index in [0.29, 0.717) is 15.7 Å². The predicted molar refractivity (Wildman–Crippen MR) is 87.1 cm³/mol. The van der Waals surface area contributed by atoms with Crippen molar-refractivity contribution in [1.29, 1.82) is 0 Å². The number of aliphatic imine (C=N–C) groups is 1. The average Bonchev–Trinajstić information content (AvgIpc) is 2.98. The number of hydrogen-bond acceptors (Lipinski definition) is 6. The van der Waals surface area contributed by atoms with Gasteiger partial charge in [0.05, 0.1) is 0 Å². The number of nitrogens with zero attached hydrogens (tertiary/aromatic N) is 3. The van der Waals surface area contributed by atoms with Crippen molar-refractivity contribution in [3.05, 3.63) is 53.6 Å². The van der Waals surface area contributed by atoms with Crippen LogP contribution in [0.15, 0.2) is 47.5 Å². The molecule has 0 unspecified atom stereocenters. The Bertz CT molecular complexity index is 826. The molecule has 0 saturated heterocycles. The van der Waals surface area contributed by atoms with E-state index >= 15 is 0 Å². The number of phenols is 2. The molecule has 2 aromatic carbocycles. The Morgan fingerprint density at radius 1 is 1.00 bits per heavy atom. The van der Waals surface area contributed by atoms with Crippen molar-refractivity contribution in [3.8, 4) is 22.1 Å². The third-order valence-electron chi connectivity index (χ3n) is 3.04. The van der Waals surface area contributed by atoms with E-state index in [9.17, 15) is 10.2 Å². The van der Waals surface area contributed by atoms with Gasteiger partial charge in [0.2, 0.25) is 5.13 Å². The van der Waals surface area contributed by atoms with Crippen molar-refractivity contribution in [2.75, 3.05) is 0 Å². The van der Waals surface area contributed by atoms with Gasteiger partial charge in [-0.2, -0.15) is 0 Å². The van der Waals surface area contributed by atoms with Crippen molar-refractivity contribution in [2.45, 2.75) is 6.92 Å². The molecule has 5 nitrogen and oxygen atoms in total. The number of phenolic OH excluding ortho intramolecular Hbond substituents is 2. The first-order chi connectivity index (χ1) is 10.6. The van der Waals surface area contributed by atoms with E-state index in [-0.39, 0.29) is 11.5 Å². The molecule has 0 amide bonds. The predicted octanol–water partition coefficient (Wildman–Crippen LogP) is 3.68. The summed E-state index contributed by atoms with van der Waals surface area (Å²) in [5.41, 5.74) is 2.87. The zero-order chi connectivity index (χ0) is 15.5. The summed E-state index contributed by atoms with van der Waals surface area (Å²) in [5, 5.41) is 28.0. The second-order valence-corrected chi connectivity index (χ2v) is 5.72. The van der Waals surface area contributed by atoms with Crippen LogP contribution in [-0.2, 0) is 0 Å². The molecular formula is C16H13N3O2S. The van der Waals surface area contributed by atoms with E-state index < -0.39 is 0 Å². The molecule has 0 aliphatic rings. The molecule has 1 heterocycles. The van der Waals surface area contributed by atoms with E-state index in [1.54, 1.807) is 12.3 Å². The third kappa shape index (κ3) is 3.12. The summed E-state index contributed by atoms with van der Waals surface area (Å²) in [5.74, 6) is -0.344. The molecule has 2 N–H and O–H groups in total. The maximum absolute atomic E-state index is 9.52. The van der Waals surface area contributed by atoms with Crippen LogP contribution in [0.25, 0.3) is 10.6 Å². The van der Waals surface area contributed by atoms with Crippen molar-refractivity contribution in [2.24, 2.45) is 4.99 Å². The Labute approximate surface area is 131 Å². The largest absolute Gasteiger partial charge is 0.504 e. The van der Waals surface area contributed by atoms with Crippen LogP contribution in [0, 0.1) is 6.92 Å². The van der Waals surface area contributed by atoms with Crippen molar-refractivity contribution in [1.82, 2.24) is 10.2 Å². The molecule has 0 radical (unpaired) electrons. The maximum Gasteiger partial charge on any atom is 0.231 e. The Balaban J connectivity index is 1.81. The van der Waals surface area contributed by atoms with Gasteiger partial charge in [0.1, 0.15) is 5.01 Å². The SMILES string of the molecule is Cc1ccc(C=Nc2nnc(-c3ccc(O)c(O)c3)s2)cc1. The smallest absolute Gasteiger partial charge is 0.231 e. The van der Waals surface area contributed by atoms with Crippen LogP contribution in [0.1, 0.15) is 11.1 Å². The minimum absolute atomic E-state index is 0.161. The summed E-state index contributed by atoms with van der Waals surface area (Å²) in [6.45, 7) is 2.03. The summed E-state index contributed by atoms with van der Waals surface area (Å²) in [6.07, 6.45) is 1.73. The topological polar surface area (TPSA) is 78.6 Å². The fraction of sp³-hybridized carbons (Fsp3) is 0.0625. The number of aryl methyl sites for hydroxylation is 1. The van der Waals surface area contributed by atoms with Crippen molar-refractivity contribution in [3.63, 3.8) is 0 Å². The van der Waals surface area contributed by atoms with Gasteiger partial charge in [0.25, 0.3) is 0 Å². The Morgan fingerprint density at radius 2 is 1.77 bits per heavy atom. The second kappa shape index (κ2) is 5.95. The number of aromatic nitrogens is 2. The highest BCUT2D eigenvalue weighted by atomic mass is 32.1. The Morgan fingerprint density at radius 3 is 2.50 bits per heavy atom. The first-order valence-electron chi connectivity index (χ1n) is 6.58. The van der Waals surface area contributed by atoms with Gasteiger partial charge in [-0.1, -0.05) is 41.2 Å². The van der Waals surface area contributed by atoms with Crippen LogP contribution in [-0.4, -0.2) is 26.6 Å². The van der Waals surface area contributed by atoms with E-state index in [0.717, 1.165) is 5.56 Å². The lowest BCUT2D eigenvalue weighted by molar-refractivity contribution is 0.404. The highest BCUT2D eigenvalue weighted by molar-refractivity contribution is 7.18. The molecule has 0 spiro atoms. The van der Waals surface area contributed by atoms with Gasteiger partial charge in [-0.05, 0) is 30.7 Å². The normalized spacial score (nSPS) is 11.1. The molecular weight excluding hydrogens is 298 g/mol. The monoisotopic (exact) mass is 311 g/mol. The average molecular weight is 311 g/mol. The number of benzene rings is 2. The minimum Gasteiger partial charge on any atom is -0.504 e. The fourth-order valence-electron chi connectivity index (χ4n) is 1.82. The molecule has 22 heavy (non-hydrogen) atoms. The van der Waals surface area contributed by atoms with E-state index in [2.05, 4.69) is 15.2 Å². The van der Waals surface area contributed by atoms with E-state index in [1.165, 1.54) is 29.0 Å². The molecule has 3 aromatic rings. The van der Waals surface area contributed by atoms with Gasteiger partial charge in [0, 0.05) is 11.8 Å². The number of aromatic hydroxyl groups is 2. The standard InChI is InChI=1S/C16H13N3O2S/c1-10-2-4-11(5-3-10)9-17-16-19-18-15(22-16)12-6-7-13(20)14(21)8-12/h2-9,20-21H,1H3. The third-order valence-corrected chi connectivity index (χ3v) is 3.92. The number of hydrogen-bond donors (Lipinski definition) is 2. The first-order valence-corrected chi connectivity index (χ1v) is 7.40. The molecule has 3 rings (SSSR count). The van der Waals surface area contributed by atoms with Crippen LogP contribution < -0.4 is 0 Å². The van der Waals surface area contributed by atoms with Gasteiger partial charge in [0.15, 0.2) is 11.5 Å². The van der Waals surface area contributed by atoms with Gasteiger partial charge >= 0.3 is 0 Å². The highest BCUT2D eigenvalue weighted by Crippen LogP contribution is 2.33. The number of rotatable bonds is 3. The summed E-state index contributed by atoms with van der Waals surface area (Å²) in [6, 6.07) is 12.5. The van der Waals surface area contributed by atoms with Crippen LogP contribution in [0.4, 0.5) is 5.13 Å². The molecule has 0 fully saturated rings. The molecule has 1 aromatic heterocycles. The molecule has 0 atom stereocenters. The van der Waals surface area contributed by atoms with E-state index in [1.807, 2.05) is 31.2 Å². The Hall–Kier alpha value is -2.73. The molecule has 110 valence electrons. The van der Waals surface area contributed by atoms with Gasteiger partial charge in [-0.15, -0.1) is 10.2 Å². The van der Waals surface area contributed by atoms with Gasteiger partial charge < -0.3 is 10.2 Å². The highest BCUT2D eigenvalue weighted by Gasteiger charge is 2.08. The van der Waals surface area contributed by atoms with Crippen LogP contribution in [0.3, 0.4) is 0 Å². The first kappa shape index (κ1) is 14.2. The summed E-state index contributed by atoms with van der Waals surface area (Å²) in [7, 11) is 0. The zero-order valence-electron chi connectivity index (χ0n) is 11.8. The zero-order valence-corrected chi connectivity index (χ0v) is 12.6. The lowest BCUT2D eigenvalue weighted by Gasteiger charge is -1.98. The fourth-order valence-corrected chi connectivity index (χ4v) is 2.51. The lowest BCUT2D eigenvalue weighted by Crippen LogP contribution is -1.80. The van der Waals surface area contributed by atoms with Crippen LogP contribution >= 0.6 is 11.3 Å². The minimum atomic E-state index is -0.183. The molecule has 0 saturated carbocycles.